The van der Waals surface area contributed by atoms with Crippen LogP contribution in [0, 0.1) is 49.7 Å². The number of hydrogen-bond acceptors (Lipinski definition) is 24. The van der Waals surface area contributed by atoms with E-state index >= 15 is 0 Å². The molecular weight excluding hydrogens is 2010 g/mol. The number of pyridine rings is 5. The number of nitrogens with one attached hydrogen (secondary N) is 2. The largest absolute Gasteiger partial charge is 0.477 e. The molecule has 15 aromatic rings. The number of carbonyl (C=O) groups excluding carboxylic acids is 4. The van der Waals surface area contributed by atoms with Crippen molar-refractivity contribution in [2.45, 2.75) is 207 Å². The standard InChI is InChI=1S/C22H25N5O2.C21H25IN4O2.C19H20ClN3O2.C19H22N4O2.C17H18N4O2.C2H6O.CH3F.Cl2OS.ClH/c1-13(2)19-18-17(25-21(28)29-22(4,5)6)11-15(12-23)24-20(18)27(26-19)16-9-7-8-14(3)10-16;1-12(2)18-17-15(23-20(27)28-21(4,5)6)11-16(22)24-19(17)26(25-18)14-9-7-8-13(3)10-14;2*1-5-25-19(24)15-10-14(20)16-17(11(2)3)22-23(18(16)21-15)13-8-6-7-12(4)9-13;1-9(2)15-14-12(18)8-13(17(22)23)19-16(14)21(20-15)11-6-4-5-10(3)7-11;1-2-3;1-2;1-4(2)3;/h7-11,13H,1-6H3,(H,24,25,28);7-12H,1-6H3,(H,23,24,27);6-11H,5H2,1-4H3;6-11H,5H2,1-4H3,(H2,20,21);4-9H,1-3H3,(H2,18,19)(H,22,23);3H,2H2,1H3;1H3;;1H/i;;;;;;1D;;. The third-order valence-corrected chi connectivity index (χ3v) is 20.7. The van der Waals surface area contributed by atoms with Gasteiger partial charge in [-0.3, -0.25) is 15.0 Å². The number of benzene rings is 5. The molecule has 32 nitrogen and oxygen atoms in total. The van der Waals surface area contributed by atoms with E-state index in [1.165, 1.54) is 6.07 Å². The number of halogens is 6. The van der Waals surface area contributed by atoms with Gasteiger partial charge in [-0.2, -0.15) is 30.8 Å². The SMILES string of the molecule is CCO.CCOC(=O)c1cc(Cl)c2c(C(C)C)nn(-c3cccc(C)c3)c2n1.CCOC(=O)c1cc(N)c2c(C(C)C)nn(-c3cccc(C)c3)c2n1.Cc1cccc(-n2nc(C(C)C)c3c(N)cc(C(=O)O)nc32)c1.Cc1cccc(-n2nc(C(C)C)c3c(NC(=O)OC(C)(C)C)cc(C#N)nc32)c1.Cc1cccc(-n2nc(C(C)C)c3c(NC(=O)OC(C)(C)C)cc(I)nc32)c1.Cl.O=S(Cl)Cl.[2H]CF. The number of alkyl halides is 1. The number of aliphatic hydroxyl groups excluding tert-OH is 1. The number of nitrogens with zero attached hydrogens (tertiary/aromatic N) is 16. The summed E-state index contributed by atoms with van der Waals surface area (Å²) in [4.78, 5) is 82.8. The molecule has 8 N–H and O–H groups in total. The number of anilines is 4. The van der Waals surface area contributed by atoms with Crippen molar-refractivity contribution in [1.82, 2.24) is 73.8 Å². The second kappa shape index (κ2) is 50.8. The summed E-state index contributed by atoms with van der Waals surface area (Å²) in [6.07, 6.45) is -1.08. The van der Waals surface area contributed by atoms with Crippen LogP contribution in [0.4, 0.5) is 36.7 Å². The number of amides is 2. The van der Waals surface area contributed by atoms with E-state index in [0.717, 1.165) is 105 Å². The Labute approximate surface area is 851 Å². The second-order valence-electron chi connectivity index (χ2n) is 35.3. The second-order valence-corrected chi connectivity index (χ2v) is 39.3. The van der Waals surface area contributed by atoms with Gasteiger partial charge in [-0.1, -0.05) is 142 Å². The first-order chi connectivity index (χ1) is 65.9. The summed E-state index contributed by atoms with van der Waals surface area (Å²) in [6, 6.07) is 49.7. The van der Waals surface area contributed by atoms with Crippen LogP contribution in [0.1, 0.15) is 256 Å². The van der Waals surface area contributed by atoms with Crippen LogP contribution in [-0.2, 0) is 28.2 Å². The van der Waals surface area contributed by atoms with Crippen LogP contribution in [0.3, 0.4) is 0 Å². The summed E-state index contributed by atoms with van der Waals surface area (Å²) in [7, 11) is 6.36. The zero-order valence-electron chi connectivity index (χ0n) is 83.6. The molecule has 2 amide bonds. The molecule has 0 spiro atoms. The van der Waals surface area contributed by atoms with Gasteiger partial charge >= 0.3 is 30.1 Å². The summed E-state index contributed by atoms with van der Waals surface area (Å²) in [6.45, 7) is 47.5. The minimum absolute atomic E-state index is 0. The number of esters is 2. The highest BCUT2D eigenvalue weighted by Crippen LogP contribution is 2.39. The first-order valence-electron chi connectivity index (χ1n) is 45.2. The Kier molecular flexibility index (Phi) is 40.8. The Morgan fingerprint density at radius 3 is 1.03 bits per heavy atom. The molecule has 744 valence electrons. The Balaban J connectivity index is 0.000000233. The molecule has 0 saturated heterocycles. The number of hydrogen-bond donors (Lipinski definition) is 6. The summed E-state index contributed by atoms with van der Waals surface area (Å²) in [5, 5.41) is 59.9. The Morgan fingerprint density at radius 1 is 0.479 bits per heavy atom. The zero-order chi connectivity index (χ0) is 104. The molecule has 10 aromatic heterocycles. The van der Waals surface area contributed by atoms with Gasteiger partial charge in [0.2, 0.25) is 9.23 Å². The lowest BCUT2D eigenvalue weighted by Crippen LogP contribution is -2.27. The molecule has 0 atom stereocenters. The van der Waals surface area contributed by atoms with E-state index in [9.17, 15) is 38.7 Å². The fourth-order valence-electron chi connectivity index (χ4n) is 14.2. The minimum Gasteiger partial charge on any atom is -0.477 e. The molecule has 0 unspecified atom stereocenters. The fourth-order valence-corrected chi connectivity index (χ4v) is 15.0. The molecule has 140 heavy (non-hydrogen) atoms. The molecule has 0 aliphatic carbocycles. The van der Waals surface area contributed by atoms with E-state index < -0.39 is 57.7 Å². The van der Waals surface area contributed by atoms with E-state index in [-0.39, 0.29) is 84.6 Å². The third-order valence-electron chi connectivity index (χ3n) is 19.8. The van der Waals surface area contributed by atoms with E-state index in [0.29, 0.717) is 66.8 Å². The zero-order valence-corrected chi connectivity index (χ0v) is 88.7. The van der Waals surface area contributed by atoms with Crippen molar-refractivity contribution in [1.29, 1.82) is 5.26 Å². The highest BCUT2D eigenvalue weighted by molar-refractivity contribution is 14.1. The number of nitrogens with two attached hydrogens (primary N) is 2. The number of nitriles is 1. The van der Waals surface area contributed by atoms with Crippen molar-refractivity contribution in [2.75, 3.05) is 49.1 Å². The maximum Gasteiger partial charge on any atom is 0.412 e. The minimum atomic E-state index is -1.67. The third kappa shape index (κ3) is 29.6. The molecule has 15 rings (SSSR count). The fraction of sp³-hybridized carbons (Fsp3) is 0.347. The summed E-state index contributed by atoms with van der Waals surface area (Å²) >= 11 is 8.64. The molecule has 0 aliphatic heterocycles. The van der Waals surface area contributed by atoms with Gasteiger partial charge in [0.25, 0.3) is 0 Å². The number of aryl methyl sites for hydroxylation is 5. The van der Waals surface area contributed by atoms with Crippen molar-refractivity contribution in [3.63, 3.8) is 0 Å². The Bertz CT molecular complexity index is 6890. The van der Waals surface area contributed by atoms with Gasteiger partial charge in [-0.25, -0.2) is 76.5 Å². The summed E-state index contributed by atoms with van der Waals surface area (Å²) < 4.78 is 55.0. The van der Waals surface area contributed by atoms with Crippen LogP contribution in [0.2, 0.25) is 5.02 Å². The number of aliphatic hydroxyl groups is 1. The quantitative estimate of drug-likeness (QED) is 0.0162. The number of fused-ring (bicyclic) bond motifs is 5. The van der Waals surface area contributed by atoms with Crippen molar-refractivity contribution in [3.05, 3.63) is 239 Å². The molecule has 0 bridgehead atoms. The molecule has 0 saturated carbocycles. The molecule has 10 heterocycles. The first kappa shape index (κ1) is 112. The predicted octanol–water partition coefficient (Wildman–Crippen LogP) is 24.4. The molecule has 5 aromatic carbocycles. The van der Waals surface area contributed by atoms with Crippen LogP contribution >= 0.6 is 68.0 Å². The maximum atomic E-state index is 12.4. The molecule has 39 heteroatoms. The molecule has 0 fully saturated rings. The van der Waals surface area contributed by atoms with Crippen molar-refractivity contribution in [3.8, 4) is 34.5 Å². The van der Waals surface area contributed by atoms with Crippen molar-refractivity contribution < 1.29 is 63.1 Å². The number of aromatic carboxylic acids is 1. The average molecular weight is 2130 g/mol. The van der Waals surface area contributed by atoms with Crippen LogP contribution in [0.15, 0.2) is 152 Å². The number of carboxylic acid groups (broad SMARTS) is 1. The van der Waals surface area contributed by atoms with E-state index in [2.05, 4.69) is 133 Å². The van der Waals surface area contributed by atoms with Crippen molar-refractivity contribution in [2.24, 2.45) is 0 Å². The normalized spacial score (nSPS) is 11.2. The van der Waals surface area contributed by atoms with E-state index in [4.69, 9.17) is 78.1 Å². The summed E-state index contributed by atoms with van der Waals surface area (Å²) in [5.41, 5.74) is 30.5. The molecule has 0 radical (unpaired) electrons. The van der Waals surface area contributed by atoms with Gasteiger partial charge in [0, 0.05) is 39.3 Å². The monoisotopic (exact) mass is 2120 g/mol. The van der Waals surface area contributed by atoms with Crippen molar-refractivity contribution >= 4 is 185 Å². The smallest absolute Gasteiger partial charge is 0.412 e. The van der Waals surface area contributed by atoms with E-state index in [1.807, 2.05) is 209 Å². The number of ether oxygens (including phenoxy) is 4. The van der Waals surface area contributed by atoms with Gasteiger partial charge < -0.3 is 40.6 Å². The summed E-state index contributed by atoms with van der Waals surface area (Å²) in [5.74, 6) is -1.36. The van der Waals surface area contributed by atoms with Gasteiger partial charge in [0.15, 0.2) is 45.3 Å². The number of carbonyl (C=O) groups is 5. The highest BCUT2D eigenvalue weighted by Gasteiger charge is 2.30. The number of nitrogen functional groups attached to an aromatic ring is 2. The van der Waals surface area contributed by atoms with Crippen LogP contribution < -0.4 is 22.1 Å². The average Bonchev–Trinajstić information content (AvgIpc) is 1.65. The lowest BCUT2D eigenvalue weighted by Gasteiger charge is -2.20. The van der Waals surface area contributed by atoms with Crippen LogP contribution in [0.5, 0.6) is 0 Å². The Morgan fingerprint density at radius 2 is 0.743 bits per heavy atom. The topological polar surface area (TPSA) is 433 Å². The molecule has 0 aliphatic rings. The van der Waals surface area contributed by atoms with Gasteiger partial charge in [-0.15, -0.1) is 12.4 Å². The van der Waals surface area contributed by atoms with Crippen LogP contribution in [0.25, 0.3) is 83.6 Å². The van der Waals surface area contributed by atoms with Gasteiger partial charge in [0.1, 0.15) is 26.7 Å². The van der Waals surface area contributed by atoms with Crippen LogP contribution in [-0.4, -0.2) is 157 Å². The highest BCUT2D eigenvalue weighted by atomic mass is 127. The van der Waals surface area contributed by atoms with Gasteiger partial charge in [0.05, 0.1) is 122 Å². The number of aromatic nitrogens is 15. The lowest BCUT2D eigenvalue weighted by atomic mass is 10.1. The first-order valence-corrected chi connectivity index (χ1v) is 48.7. The Hall–Kier alpha value is -12.8. The number of rotatable bonds is 17. The molecular formula is C101H120Cl4FIN20O12S. The predicted molar refractivity (Wildman–Crippen MR) is 565 cm³/mol. The van der Waals surface area contributed by atoms with E-state index in [1.54, 1.807) is 78.5 Å². The number of carboxylic acids is 1. The maximum absolute atomic E-state index is 12.4. The lowest BCUT2D eigenvalue weighted by molar-refractivity contribution is 0.0510. The van der Waals surface area contributed by atoms with Gasteiger partial charge in [-0.05, 0) is 268 Å².